The van der Waals surface area contributed by atoms with Crippen LogP contribution in [0.1, 0.15) is 31.9 Å². The lowest BCUT2D eigenvalue weighted by Gasteiger charge is -2.56. The minimum absolute atomic E-state index is 0.224. The monoisotopic (exact) mass is 490 g/mol. The minimum atomic E-state index is -1.40. The normalized spacial score (nSPS) is 25.6. The van der Waals surface area contributed by atoms with E-state index in [0.29, 0.717) is 19.6 Å². The van der Waals surface area contributed by atoms with Gasteiger partial charge in [0.05, 0.1) is 6.04 Å². The van der Waals surface area contributed by atoms with Crippen LogP contribution in [-0.4, -0.2) is 65.7 Å². The number of piperazine rings is 1. The Hall–Kier alpha value is -3.59. The first-order valence-electron chi connectivity index (χ1n) is 12.3. The molecule has 4 heterocycles. The molecule has 2 atom stereocenters. The van der Waals surface area contributed by atoms with Crippen molar-refractivity contribution in [2.75, 3.05) is 31.3 Å². The van der Waals surface area contributed by atoms with Gasteiger partial charge in [-0.15, -0.1) is 0 Å². The quantitative estimate of drug-likeness (QED) is 0.647. The van der Waals surface area contributed by atoms with Gasteiger partial charge in [0.15, 0.2) is 16.9 Å². The van der Waals surface area contributed by atoms with Gasteiger partial charge in [0.25, 0.3) is 0 Å². The number of urea groups is 1. The van der Waals surface area contributed by atoms with Gasteiger partial charge in [-0.2, -0.15) is 0 Å². The van der Waals surface area contributed by atoms with Crippen LogP contribution in [0.25, 0.3) is 0 Å². The first kappa shape index (κ1) is 22.8. The topological polar surface area (TPSA) is 91.4 Å². The van der Waals surface area contributed by atoms with Crippen molar-refractivity contribution in [1.82, 2.24) is 15.1 Å². The van der Waals surface area contributed by atoms with Crippen molar-refractivity contribution in [1.29, 1.82) is 0 Å². The first-order valence-corrected chi connectivity index (χ1v) is 12.3. The van der Waals surface area contributed by atoms with Crippen LogP contribution in [-0.2, 0) is 22.6 Å². The predicted octanol–water partition coefficient (Wildman–Crippen LogP) is 2.53. The fraction of sp³-hybridized carbons (Fsp3) is 0.444. The van der Waals surface area contributed by atoms with E-state index < -0.39 is 34.8 Å². The third kappa shape index (κ3) is 3.37. The molecule has 4 amide bonds. The summed E-state index contributed by atoms with van der Waals surface area (Å²) in [4.78, 5) is 46.4. The number of ether oxygens (including phenoxy) is 2. The first-order chi connectivity index (χ1) is 17.2. The number of carbonyl (C=O) groups excluding carboxylic acids is 3. The fourth-order valence-electron chi connectivity index (χ4n) is 6.06. The SMILES string of the molecule is CC(C)(C)N1C(=O)NC(=O)[C@@]2(Cc3ccccc3N3CCN(Cc4ccc5c(c4)OCO5)C[C@@H]32)C1=O. The van der Waals surface area contributed by atoms with Crippen LogP contribution in [0.15, 0.2) is 42.5 Å². The number of hydrogen-bond acceptors (Lipinski definition) is 7. The lowest BCUT2D eigenvalue weighted by atomic mass is 9.67. The van der Waals surface area contributed by atoms with Gasteiger partial charge >= 0.3 is 6.03 Å². The van der Waals surface area contributed by atoms with Gasteiger partial charge in [0.2, 0.25) is 18.6 Å². The zero-order valence-electron chi connectivity index (χ0n) is 20.7. The van der Waals surface area contributed by atoms with E-state index in [1.54, 1.807) is 0 Å². The second kappa shape index (κ2) is 7.96. The van der Waals surface area contributed by atoms with Gasteiger partial charge in [0.1, 0.15) is 0 Å². The summed E-state index contributed by atoms with van der Waals surface area (Å²) in [5.41, 5.74) is 0.907. The minimum Gasteiger partial charge on any atom is -0.454 e. The lowest BCUT2D eigenvalue weighted by molar-refractivity contribution is -0.157. The molecule has 0 unspecified atom stereocenters. The number of benzene rings is 2. The number of fused-ring (bicyclic) bond motifs is 5. The van der Waals surface area contributed by atoms with Crippen molar-refractivity contribution in [3.63, 3.8) is 0 Å². The van der Waals surface area contributed by atoms with Crippen molar-refractivity contribution in [3.8, 4) is 11.5 Å². The molecule has 4 aliphatic rings. The maximum atomic E-state index is 14.2. The molecule has 0 saturated carbocycles. The average Bonchev–Trinajstić information content (AvgIpc) is 3.29. The van der Waals surface area contributed by atoms with Gasteiger partial charge in [-0.25, -0.2) is 4.79 Å². The highest BCUT2D eigenvalue weighted by Crippen LogP contribution is 2.46. The van der Waals surface area contributed by atoms with Crippen molar-refractivity contribution < 1.29 is 23.9 Å². The Morgan fingerprint density at radius 3 is 2.61 bits per heavy atom. The molecule has 1 N–H and O–H groups in total. The maximum Gasteiger partial charge on any atom is 0.331 e. The molecular formula is C27H30N4O5. The molecule has 0 aromatic heterocycles. The van der Waals surface area contributed by atoms with Crippen LogP contribution < -0.4 is 19.7 Å². The molecule has 0 bridgehead atoms. The number of imide groups is 2. The van der Waals surface area contributed by atoms with E-state index in [0.717, 1.165) is 34.9 Å². The summed E-state index contributed by atoms with van der Waals surface area (Å²) in [7, 11) is 0. The molecule has 4 aliphatic heterocycles. The number of rotatable bonds is 2. The number of nitrogens with zero attached hydrogens (tertiary/aromatic N) is 3. The molecule has 9 nitrogen and oxygen atoms in total. The molecule has 2 aromatic rings. The van der Waals surface area contributed by atoms with E-state index in [9.17, 15) is 14.4 Å². The average molecular weight is 491 g/mol. The molecule has 6 rings (SSSR count). The van der Waals surface area contributed by atoms with Crippen molar-refractivity contribution in [2.45, 2.75) is 45.3 Å². The third-order valence-electron chi connectivity index (χ3n) is 7.73. The summed E-state index contributed by atoms with van der Waals surface area (Å²) in [5, 5.41) is 2.54. The van der Waals surface area contributed by atoms with Crippen LogP contribution >= 0.6 is 0 Å². The number of hydrogen-bond donors (Lipinski definition) is 1. The highest BCUT2D eigenvalue weighted by molar-refractivity contribution is 6.20. The highest BCUT2D eigenvalue weighted by atomic mass is 16.7. The standard InChI is InChI=1S/C27H30N4O5/c1-26(2,3)31-24(33)27(23(32)28-25(31)34)13-18-6-4-5-7-19(18)30-11-10-29(15-22(27)30)14-17-8-9-20-21(12-17)36-16-35-20/h4-9,12,22H,10-11,13-16H2,1-3H3,(H,28,32,34)/t22-,27+/m1/s1. The van der Waals surface area contributed by atoms with Crippen molar-refractivity contribution >= 4 is 23.5 Å². The number of para-hydroxylation sites is 1. The van der Waals surface area contributed by atoms with Crippen molar-refractivity contribution in [3.05, 3.63) is 53.6 Å². The fourth-order valence-corrected chi connectivity index (χ4v) is 6.06. The molecule has 2 fully saturated rings. The van der Waals surface area contributed by atoms with Crippen LogP contribution in [0.3, 0.4) is 0 Å². The summed E-state index contributed by atoms with van der Waals surface area (Å²) in [5.74, 6) is 0.545. The number of anilines is 1. The van der Waals surface area contributed by atoms with E-state index in [1.165, 1.54) is 4.90 Å². The molecule has 1 spiro atoms. The Bertz CT molecular complexity index is 1270. The highest BCUT2D eigenvalue weighted by Gasteiger charge is 2.64. The number of barbiturate groups is 1. The Morgan fingerprint density at radius 2 is 1.81 bits per heavy atom. The van der Waals surface area contributed by atoms with Gasteiger partial charge in [0, 0.05) is 37.4 Å². The molecule has 188 valence electrons. The van der Waals surface area contributed by atoms with Crippen LogP contribution in [0, 0.1) is 5.41 Å². The smallest absolute Gasteiger partial charge is 0.331 e. The second-order valence-electron chi connectivity index (χ2n) is 11.0. The zero-order valence-corrected chi connectivity index (χ0v) is 20.7. The largest absolute Gasteiger partial charge is 0.454 e. The summed E-state index contributed by atoms with van der Waals surface area (Å²) < 4.78 is 11.0. The zero-order chi connectivity index (χ0) is 25.2. The van der Waals surface area contributed by atoms with Crippen molar-refractivity contribution in [2.24, 2.45) is 5.41 Å². The second-order valence-corrected chi connectivity index (χ2v) is 11.0. The molecule has 2 aromatic carbocycles. The molecule has 0 radical (unpaired) electrons. The van der Waals surface area contributed by atoms with Crippen LogP contribution in [0.5, 0.6) is 11.5 Å². The van der Waals surface area contributed by atoms with E-state index in [2.05, 4.69) is 21.2 Å². The predicted molar refractivity (Wildman–Crippen MR) is 132 cm³/mol. The third-order valence-corrected chi connectivity index (χ3v) is 7.73. The van der Waals surface area contributed by atoms with E-state index in [-0.39, 0.29) is 13.2 Å². The van der Waals surface area contributed by atoms with Gasteiger partial charge in [-0.3, -0.25) is 24.7 Å². The van der Waals surface area contributed by atoms with Gasteiger partial charge in [-0.05, 0) is 56.5 Å². The molecule has 36 heavy (non-hydrogen) atoms. The van der Waals surface area contributed by atoms with E-state index >= 15 is 0 Å². The Balaban J connectivity index is 1.38. The summed E-state index contributed by atoms with van der Waals surface area (Å²) in [6, 6.07) is 12.8. The van der Waals surface area contributed by atoms with E-state index in [4.69, 9.17) is 9.47 Å². The Kier molecular flexibility index (Phi) is 5.05. The number of nitrogens with one attached hydrogen (secondary N) is 1. The van der Waals surface area contributed by atoms with Gasteiger partial charge < -0.3 is 14.4 Å². The van der Waals surface area contributed by atoms with Crippen LogP contribution in [0.4, 0.5) is 10.5 Å². The molecule has 0 aliphatic carbocycles. The summed E-state index contributed by atoms with van der Waals surface area (Å²) >= 11 is 0. The molecule has 9 heteroatoms. The van der Waals surface area contributed by atoms with Gasteiger partial charge in [-0.1, -0.05) is 24.3 Å². The lowest BCUT2D eigenvalue weighted by Crippen LogP contribution is -2.76. The molecular weight excluding hydrogens is 460 g/mol. The van der Waals surface area contributed by atoms with E-state index in [1.807, 2.05) is 57.2 Å². The molecule has 2 saturated heterocycles. The summed E-state index contributed by atoms with van der Waals surface area (Å²) in [6.07, 6.45) is 0.257. The maximum absolute atomic E-state index is 14.2. The number of amides is 4. The van der Waals surface area contributed by atoms with Crippen LogP contribution in [0.2, 0.25) is 0 Å². The Labute approximate surface area is 209 Å². The summed E-state index contributed by atoms with van der Waals surface area (Å²) in [6.45, 7) is 8.26. The number of carbonyl (C=O) groups is 3. The Morgan fingerprint density at radius 1 is 1.03 bits per heavy atom.